The second kappa shape index (κ2) is 6.24. The van der Waals surface area contributed by atoms with Crippen LogP contribution in [0.15, 0.2) is 52.9 Å². The van der Waals surface area contributed by atoms with Crippen LogP contribution in [0.5, 0.6) is 5.75 Å². The van der Waals surface area contributed by atoms with Crippen molar-refractivity contribution in [2.75, 3.05) is 0 Å². The Balaban J connectivity index is 1.79. The van der Waals surface area contributed by atoms with Crippen molar-refractivity contribution in [1.29, 1.82) is 0 Å². The highest BCUT2D eigenvalue weighted by molar-refractivity contribution is 6.32. The van der Waals surface area contributed by atoms with E-state index in [-0.39, 0.29) is 0 Å². The first-order valence-electron chi connectivity index (χ1n) is 7.04. The number of oxazole rings is 1. The van der Waals surface area contributed by atoms with Crippen LogP contribution in [0.2, 0.25) is 5.02 Å². The van der Waals surface area contributed by atoms with E-state index in [2.05, 4.69) is 4.98 Å². The molecule has 3 aromatic rings. The molecule has 0 atom stereocenters. The number of nitrogens with zero attached hydrogens (tertiary/aromatic N) is 1. The van der Waals surface area contributed by atoms with Gasteiger partial charge in [0.05, 0.1) is 5.02 Å². The first kappa shape index (κ1) is 14.7. The Hall–Kier alpha value is -2.26. The molecule has 0 bridgehead atoms. The van der Waals surface area contributed by atoms with Gasteiger partial charge in [-0.1, -0.05) is 35.9 Å². The van der Waals surface area contributed by atoms with Crippen LogP contribution in [0.3, 0.4) is 0 Å². The molecule has 3 nitrogen and oxygen atoms in total. The van der Waals surface area contributed by atoms with E-state index in [4.69, 9.17) is 20.8 Å². The van der Waals surface area contributed by atoms with E-state index >= 15 is 0 Å². The molecule has 4 heteroatoms. The van der Waals surface area contributed by atoms with Crippen molar-refractivity contribution in [3.05, 3.63) is 70.6 Å². The zero-order valence-electron chi connectivity index (χ0n) is 12.5. The SMILES string of the molecule is Cc1ccc(Cl)c(OCc2nc(-c3ccccc3)oc2C)c1. The van der Waals surface area contributed by atoms with Crippen molar-refractivity contribution in [3.63, 3.8) is 0 Å². The number of rotatable bonds is 4. The monoisotopic (exact) mass is 313 g/mol. The van der Waals surface area contributed by atoms with Crippen LogP contribution in [0, 0.1) is 13.8 Å². The van der Waals surface area contributed by atoms with Crippen molar-refractivity contribution in [2.45, 2.75) is 20.5 Å². The van der Waals surface area contributed by atoms with Crippen LogP contribution >= 0.6 is 11.6 Å². The third-order valence-electron chi connectivity index (χ3n) is 3.36. The first-order chi connectivity index (χ1) is 10.6. The second-order valence-electron chi connectivity index (χ2n) is 5.11. The molecular weight excluding hydrogens is 298 g/mol. The Morgan fingerprint density at radius 1 is 1.09 bits per heavy atom. The standard InChI is InChI=1S/C18H16ClNO2/c1-12-8-9-15(19)17(10-12)21-11-16-13(2)22-18(20-16)14-6-4-3-5-7-14/h3-10H,11H2,1-2H3. The molecule has 0 aliphatic carbocycles. The van der Waals surface area contributed by atoms with Crippen molar-refractivity contribution >= 4 is 11.6 Å². The van der Waals surface area contributed by atoms with Gasteiger partial charge >= 0.3 is 0 Å². The summed E-state index contributed by atoms with van der Waals surface area (Å²) in [4.78, 5) is 4.51. The Bertz CT molecular complexity index is 781. The van der Waals surface area contributed by atoms with Crippen LogP contribution in [-0.2, 0) is 6.61 Å². The highest BCUT2D eigenvalue weighted by Crippen LogP contribution is 2.27. The second-order valence-corrected chi connectivity index (χ2v) is 5.52. The summed E-state index contributed by atoms with van der Waals surface area (Å²) in [5.74, 6) is 2.01. The van der Waals surface area contributed by atoms with Gasteiger partial charge < -0.3 is 9.15 Å². The lowest BCUT2D eigenvalue weighted by molar-refractivity contribution is 0.299. The Morgan fingerprint density at radius 2 is 1.86 bits per heavy atom. The minimum atomic E-state index is 0.325. The van der Waals surface area contributed by atoms with E-state index in [0.717, 1.165) is 22.6 Å². The molecular formula is C18H16ClNO2. The summed E-state index contributed by atoms with van der Waals surface area (Å²) < 4.78 is 11.5. The number of ether oxygens (including phenoxy) is 1. The van der Waals surface area contributed by atoms with Gasteiger partial charge in [0.2, 0.25) is 5.89 Å². The van der Waals surface area contributed by atoms with Crippen LogP contribution in [0.1, 0.15) is 17.0 Å². The molecule has 3 rings (SSSR count). The maximum atomic E-state index is 6.13. The number of hydrogen-bond acceptors (Lipinski definition) is 3. The summed E-state index contributed by atoms with van der Waals surface area (Å²) in [5, 5.41) is 0.593. The molecule has 1 aromatic heterocycles. The van der Waals surface area contributed by atoms with Gasteiger partial charge in [0, 0.05) is 5.56 Å². The van der Waals surface area contributed by atoms with E-state index in [1.54, 1.807) is 0 Å². The van der Waals surface area contributed by atoms with E-state index in [1.165, 1.54) is 0 Å². The summed E-state index contributed by atoms with van der Waals surface area (Å²) in [6, 6.07) is 15.5. The fourth-order valence-electron chi connectivity index (χ4n) is 2.13. The molecule has 0 aliphatic rings. The van der Waals surface area contributed by atoms with Gasteiger partial charge in [-0.15, -0.1) is 0 Å². The van der Waals surface area contributed by atoms with Crippen molar-refractivity contribution in [2.24, 2.45) is 0 Å². The molecule has 0 amide bonds. The molecule has 2 aromatic carbocycles. The lowest BCUT2D eigenvalue weighted by Crippen LogP contribution is -1.98. The smallest absolute Gasteiger partial charge is 0.226 e. The maximum Gasteiger partial charge on any atom is 0.226 e. The van der Waals surface area contributed by atoms with Crippen LogP contribution in [0.25, 0.3) is 11.5 Å². The predicted octanol–water partition coefficient (Wildman–Crippen LogP) is 5.19. The van der Waals surface area contributed by atoms with E-state index < -0.39 is 0 Å². The van der Waals surface area contributed by atoms with E-state index in [9.17, 15) is 0 Å². The van der Waals surface area contributed by atoms with Crippen LogP contribution in [-0.4, -0.2) is 4.98 Å². The number of aryl methyl sites for hydroxylation is 2. The van der Waals surface area contributed by atoms with Crippen molar-refractivity contribution in [1.82, 2.24) is 4.98 Å². The lowest BCUT2D eigenvalue weighted by atomic mass is 10.2. The van der Waals surface area contributed by atoms with Crippen LogP contribution in [0.4, 0.5) is 0 Å². The topological polar surface area (TPSA) is 35.3 Å². The zero-order chi connectivity index (χ0) is 15.5. The average molecular weight is 314 g/mol. The summed E-state index contributed by atoms with van der Waals surface area (Å²) in [5.41, 5.74) is 2.82. The Morgan fingerprint density at radius 3 is 2.64 bits per heavy atom. The maximum absolute atomic E-state index is 6.13. The Labute approximate surface area is 134 Å². The third-order valence-corrected chi connectivity index (χ3v) is 3.68. The van der Waals surface area contributed by atoms with Crippen LogP contribution < -0.4 is 4.74 Å². The van der Waals surface area contributed by atoms with Gasteiger partial charge in [-0.25, -0.2) is 4.98 Å². The highest BCUT2D eigenvalue weighted by atomic mass is 35.5. The van der Waals surface area contributed by atoms with Gasteiger partial charge in [0.1, 0.15) is 23.8 Å². The summed E-state index contributed by atoms with van der Waals surface area (Å²) in [6.45, 7) is 4.21. The normalized spacial score (nSPS) is 10.7. The van der Waals surface area contributed by atoms with Gasteiger partial charge in [0.25, 0.3) is 0 Å². The molecule has 0 radical (unpaired) electrons. The third kappa shape index (κ3) is 3.15. The highest BCUT2D eigenvalue weighted by Gasteiger charge is 2.12. The van der Waals surface area contributed by atoms with Crippen molar-refractivity contribution in [3.8, 4) is 17.2 Å². The molecule has 22 heavy (non-hydrogen) atoms. The molecule has 0 N–H and O–H groups in total. The molecule has 0 spiro atoms. The molecule has 112 valence electrons. The Kier molecular flexibility index (Phi) is 4.16. The van der Waals surface area contributed by atoms with Gasteiger partial charge in [-0.3, -0.25) is 0 Å². The van der Waals surface area contributed by atoms with E-state index in [0.29, 0.717) is 23.3 Å². The van der Waals surface area contributed by atoms with Crippen molar-refractivity contribution < 1.29 is 9.15 Å². The molecule has 0 aliphatic heterocycles. The molecule has 0 fully saturated rings. The molecule has 1 heterocycles. The largest absolute Gasteiger partial charge is 0.486 e. The fraction of sp³-hybridized carbons (Fsp3) is 0.167. The predicted molar refractivity (Wildman–Crippen MR) is 87.2 cm³/mol. The van der Waals surface area contributed by atoms with Gasteiger partial charge in [-0.05, 0) is 43.7 Å². The summed E-state index contributed by atoms with van der Waals surface area (Å²) in [7, 11) is 0. The quantitative estimate of drug-likeness (QED) is 0.664. The molecule has 0 unspecified atom stereocenters. The summed E-state index contributed by atoms with van der Waals surface area (Å²) >= 11 is 6.13. The first-order valence-corrected chi connectivity index (χ1v) is 7.42. The average Bonchev–Trinajstić information content (AvgIpc) is 2.90. The van der Waals surface area contributed by atoms with Gasteiger partial charge in [-0.2, -0.15) is 0 Å². The number of aromatic nitrogens is 1. The minimum Gasteiger partial charge on any atom is -0.486 e. The fourth-order valence-corrected chi connectivity index (χ4v) is 2.31. The molecule has 0 saturated heterocycles. The minimum absolute atomic E-state index is 0.325. The van der Waals surface area contributed by atoms with E-state index in [1.807, 2.05) is 62.4 Å². The number of halogens is 1. The van der Waals surface area contributed by atoms with Gasteiger partial charge in [0.15, 0.2) is 0 Å². The lowest BCUT2D eigenvalue weighted by Gasteiger charge is -2.07. The molecule has 0 saturated carbocycles. The number of hydrogen-bond donors (Lipinski definition) is 0. The summed E-state index contributed by atoms with van der Waals surface area (Å²) in [6.07, 6.45) is 0. The zero-order valence-corrected chi connectivity index (χ0v) is 13.2. The number of benzene rings is 2.